The van der Waals surface area contributed by atoms with E-state index >= 15 is 0 Å². The van der Waals surface area contributed by atoms with Crippen molar-refractivity contribution in [1.82, 2.24) is 15.5 Å². The second-order valence-corrected chi connectivity index (χ2v) is 5.52. The van der Waals surface area contributed by atoms with Crippen molar-refractivity contribution < 1.29 is 9.59 Å². The fourth-order valence-electron chi connectivity index (χ4n) is 3.44. The summed E-state index contributed by atoms with van der Waals surface area (Å²) in [5.74, 6) is 1.13. The van der Waals surface area contributed by atoms with E-state index in [2.05, 4.69) is 10.6 Å². The lowest BCUT2D eigenvalue weighted by Crippen LogP contribution is -2.47. The van der Waals surface area contributed by atoms with Gasteiger partial charge in [0.1, 0.15) is 0 Å². The standard InChI is InChI=1S/C14H25N3O2/c1-3-17(4-2)12(18)9-16-14(19)13-11-7-5-6-10(11)8-15-13/h10-11,13,15H,3-9H2,1-2H3,(H,16,19). The molecule has 19 heavy (non-hydrogen) atoms. The topological polar surface area (TPSA) is 61.4 Å². The number of amides is 2. The molecule has 1 saturated carbocycles. The van der Waals surface area contributed by atoms with Crippen molar-refractivity contribution in [3.8, 4) is 0 Å². The van der Waals surface area contributed by atoms with Gasteiger partial charge in [0.25, 0.3) is 0 Å². The van der Waals surface area contributed by atoms with E-state index in [9.17, 15) is 9.59 Å². The molecular weight excluding hydrogens is 242 g/mol. The van der Waals surface area contributed by atoms with Crippen LogP contribution in [0.1, 0.15) is 33.1 Å². The van der Waals surface area contributed by atoms with Crippen LogP contribution < -0.4 is 10.6 Å². The lowest BCUT2D eigenvalue weighted by Gasteiger charge is -2.21. The zero-order chi connectivity index (χ0) is 13.8. The van der Waals surface area contributed by atoms with Gasteiger partial charge in [-0.1, -0.05) is 6.42 Å². The zero-order valence-corrected chi connectivity index (χ0v) is 11.9. The Kier molecular flexibility index (Phi) is 4.80. The summed E-state index contributed by atoms with van der Waals surface area (Å²) in [5, 5.41) is 6.10. The molecule has 5 heteroatoms. The van der Waals surface area contributed by atoms with Gasteiger partial charge in [0.2, 0.25) is 11.8 Å². The Morgan fingerprint density at radius 1 is 1.26 bits per heavy atom. The average Bonchev–Trinajstić information content (AvgIpc) is 2.99. The Morgan fingerprint density at radius 3 is 2.68 bits per heavy atom. The summed E-state index contributed by atoms with van der Waals surface area (Å²) in [6.07, 6.45) is 3.61. The molecule has 0 radical (unpaired) electrons. The van der Waals surface area contributed by atoms with Crippen LogP contribution in [0.25, 0.3) is 0 Å². The minimum absolute atomic E-state index is 0.000631. The van der Waals surface area contributed by atoms with Crippen molar-refractivity contribution in [3.05, 3.63) is 0 Å². The third kappa shape index (κ3) is 3.08. The fourth-order valence-corrected chi connectivity index (χ4v) is 3.44. The molecule has 5 nitrogen and oxygen atoms in total. The molecule has 1 aliphatic carbocycles. The molecule has 0 aromatic carbocycles. The number of hydrogen-bond acceptors (Lipinski definition) is 3. The maximum atomic E-state index is 12.1. The van der Waals surface area contributed by atoms with Crippen LogP contribution in [0, 0.1) is 11.8 Å². The maximum Gasteiger partial charge on any atom is 0.241 e. The van der Waals surface area contributed by atoms with E-state index in [1.54, 1.807) is 4.90 Å². The average molecular weight is 267 g/mol. The van der Waals surface area contributed by atoms with Crippen molar-refractivity contribution in [1.29, 1.82) is 0 Å². The monoisotopic (exact) mass is 267 g/mol. The van der Waals surface area contributed by atoms with Gasteiger partial charge in [-0.05, 0) is 45.1 Å². The number of fused-ring (bicyclic) bond motifs is 1. The van der Waals surface area contributed by atoms with Crippen molar-refractivity contribution in [2.24, 2.45) is 11.8 Å². The van der Waals surface area contributed by atoms with Crippen molar-refractivity contribution in [2.45, 2.75) is 39.2 Å². The molecule has 2 amide bonds. The molecule has 3 unspecified atom stereocenters. The molecule has 0 spiro atoms. The van der Waals surface area contributed by atoms with Gasteiger partial charge in [0.15, 0.2) is 0 Å². The third-order valence-corrected chi connectivity index (χ3v) is 4.56. The first kappa shape index (κ1) is 14.3. The van der Waals surface area contributed by atoms with E-state index in [1.165, 1.54) is 12.8 Å². The highest BCUT2D eigenvalue weighted by Crippen LogP contribution is 2.37. The molecule has 2 fully saturated rings. The number of nitrogens with one attached hydrogen (secondary N) is 2. The van der Waals surface area contributed by atoms with Crippen molar-refractivity contribution in [2.75, 3.05) is 26.2 Å². The van der Waals surface area contributed by atoms with Crippen LogP contribution >= 0.6 is 0 Å². The Hall–Kier alpha value is -1.10. The largest absolute Gasteiger partial charge is 0.346 e. The summed E-state index contributed by atoms with van der Waals surface area (Å²) in [7, 11) is 0. The van der Waals surface area contributed by atoms with Crippen LogP contribution in [0.3, 0.4) is 0 Å². The lowest BCUT2D eigenvalue weighted by molar-refractivity contribution is -0.133. The van der Waals surface area contributed by atoms with Gasteiger partial charge in [-0.25, -0.2) is 0 Å². The quantitative estimate of drug-likeness (QED) is 0.756. The van der Waals surface area contributed by atoms with Crippen molar-refractivity contribution in [3.63, 3.8) is 0 Å². The van der Waals surface area contributed by atoms with E-state index < -0.39 is 0 Å². The number of carbonyl (C=O) groups is 2. The van der Waals surface area contributed by atoms with Gasteiger partial charge in [-0.2, -0.15) is 0 Å². The number of carbonyl (C=O) groups excluding carboxylic acids is 2. The number of nitrogens with zero attached hydrogens (tertiary/aromatic N) is 1. The van der Waals surface area contributed by atoms with Crippen LogP contribution in [-0.4, -0.2) is 48.9 Å². The normalized spacial score (nSPS) is 29.1. The van der Waals surface area contributed by atoms with Gasteiger partial charge in [0.05, 0.1) is 12.6 Å². The Bertz CT molecular complexity index is 342. The van der Waals surface area contributed by atoms with Crippen LogP contribution in [0.5, 0.6) is 0 Å². The van der Waals surface area contributed by atoms with Crippen molar-refractivity contribution >= 4 is 11.8 Å². The maximum absolute atomic E-state index is 12.1. The molecule has 0 bridgehead atoms. The van der Waals surface area contributed by atoms with Gasteiger partial charge in [0, 0.05) is 13.1 Å². The highest BCUT2D eigenvalue weighted by atomic mass is 16.2. The number of likely N-dealkylation sites (N-methyl/N-ethyl adjacent to an activating group) is 1. The molecule has 108 valence electrons. The lowest BCUT2D eigenvalue weighted by atomic mass is 9.94. The van der Waals surface area contributed by atoms with Crippen LogP contribution in [0.2, 0.25) is 0 Å². The van der Waals surface area contributed by atoms with Gasteiger partial charge in [-0.15, -0.1) is 0 Å². The van der Waals surface area contributed by atoms with E-state index in [0.717, 1.165) is 13.0 Å². The molecule has 1 aliphatic heterocycles. The molecule has 2 N–H and O–H groups in total. The second-order valence-electron chi connectivity index (χ2n) is 5.52. The summed E-state index contributed by atoms with van der Waals surface area (Å²) < 4.78 is 0. The van der Waals surface area contributed by atoms with Crippen LogP contribution in [0.15, 0.2) is 0 Å². The summed E-state index contributed by atoms with van der Waals surface area (Å²) in [5.41, 5.74) is 0. The van der Waals surface area contributed by atoms with Gasteiger partial charge < -0.3 is 15.5 Å². The van der Waals surface area contributed by atoms with Gasteiger partial charge in [-0.3, -0.25) is 9.59 Å². The molecular formula is C14H25N3O2. The van der Waals surface area contributed by atoms with E-state index in [-0.39, 0.29) is 24.4 Å². The first-order chi connectivity index (χ1) is 9.17. The minimum Gasteiger partial charge on any atom is -0.346 e. The van der Waals surface area contributed by atoms with E-state index in [0.29, 0.717) is 24.9 Å². The Morgan fingerprint density at radius 2 is 2.00 bits per heavy atom. The third-order valence-electron chi connectivity index (χ3n) is 4.56. The molecule has 3 atom stereocenters. The van der Waals surface area contributed by atoms with E-state index in [1.807, 2.05) is 13.8 Å². The first-order valence-electron chi connectivity index (χ1n) is 7.46. The van der Waals surface area contributed by atoms with E-state index in [4.69, 9.17) is 0 Å². The minimum atomic E-state index is -0.0861. The second kappa shape index (κ2) is 6.37. The highest BCUT2D eigenvalue weighted by Gasteiger charge is 2.42. The molecule has 1 saturated heterocycles. The predicted molar refractivity (Wildman–Crippen MR) is 73.6 cm³/mol. The van der Waals surface area contributed by atoms with Crippen LogP contribution in [-0.2, 0) is 9.59 Å². The fraction of sp³-hybridized carbons (Fsp3) is 0.857. The summed E-state index contributed by atoms with van der Waals surface area (Å²) in [6, 6.07) is -0.0861. The predicted octanol–water partition coefficient (Wildman–Crippen LogP) is 0.359. The number of hydrogen-bond donors (Lipinski definition) is 2. The molecule has 1 heterocycles. The molecule has 0 aromatic rings. The SMILES string of the molecule is CCN(CC)C(=O)CNC(=O)C1NCC2CCCC21. The first-order valence-corrected chi connectivity index (χ1v) is 7.46. The molecule has 2 rings (SSSR count). The Labute approximate surface area is 115 Å². The number of rotatable bonds is 5. The van der Waals surface area contributed by atoms with Gasteiger partial charge >= 0.3 is 0 Å². The zero-order valence-electron chi connectivity index (χ0n) is 11.9. The smallest absolute Gasteiger partial charge is 0.241 e. The van der Waals surface area contributed by atoms with Crippen LogP contribution in [0.4, 0.5) is 0 Å². The summed E-state index contributed by atoms with van der Waals surface area (Å²) in [4.78, 5) is 25.7. The summed E-state index contributed by atoms with van der Waals surface area (Å²) >= 11 is 0. The Balaban J connectivity index is 1.80. The molecule has 0 aromatic heterocycles. The highest BCUT2D eigenvalue weighted by molar-refractivity contribution is 5.87. The molecule has 2 aliphatic rings. The summed E-state index contributed by atoms with van der Waals surface area (Å²) in [6.45, 7) is 6.35.